The van der Waals surface area contributed by atoms with Crippen molar-refractivity contribution < 1.29 is 28.0 Å². The van der Waals surface area contributed by atoms with E-state index in [9.17, 15) is 23.2 Å². The molecule has 0 aromatic heterocycles. The zero-order chi connectivity index (χ0) is 23.6. The number of nitrogens with zero attached hydrogens (tertiary/aromatic N) is 1. The molecule has 0 spiro atoms. The van der Waals surface area contributed by atoms with Gasteiger partial charge in [-0.25, -0.2) is 13.9 Å². The largest absolute Gasteiger partial charge is 0.494 e. The summed E-state index contributed by atoms with van der Waals surface area (Å²) in [4.78, 5) is 26.1. The van der Waals surface area contributed by atoms with Crippen molar-refractivity contribution in [1.82, 2.24) is 15.7 Å². The standard InChI is InChI=1S/C22H33N3O6S.ClH/c1-16(26)23-21(2,3)12-15-31-18-6-8-19(9-7-18)32(29,30)22(20(27)24-28)10-13-25(14-11-22)17-4-5-17;/h6-9,17,28H,4-5,10-15H2,1-3H3,(H,23,26)(H,24,27);1H. The quantitative estimate of drug-likeness (QED) is 0.348. The van der Waals surface area contributed by atoms with Gasteiger partial charge >= 0.3 is 0 Å². The topological polar surface area (TPSA) is 125 Å². The SMILES string of the molecule is CC(=O)NC(C)(C)CCOc1ccc(S(=O)(=O)C2(C(=O)NO)CCN(C3CC3)CC2)cc1.Cl. The Morgan fingerprint density at radius 3 is 2.24 bits per heavy atom. The zero-order valence-electron chi connectivity index (χ0n) is 19.3. The van der Waals surface area contributed by atoms with Crippen LogP contribution in [-0.2, 0) is 19.4 Å². The smallest absolute Gasteiger partial charge is 0.265 e. The van der Waals surface area contributed by atoms with Crippen molar-refractivity contribution in [2.45, 2.75) is 74.1 Å². The minimum absolute atomic E-state index is 0. The molecule has 9 nitrogen and oxygen atoms in total. The molecule has 2 amide bonds. The average molecular weight is 504 g/mol. The molecule has 1 heterocycles. The van der Waals surface area contributed by atoms with Crippen LogP contribution in [0.3, 0.4) is 0 Å². The van der Waals surface area contributed by atoms with E-state index in [2.05, 4.69) is 10.2 Å². The second kappa shape index (κ2) is 10.6. The number of sulfone groups is 1. The van der Waals surface area contributed by atoms with Crippen molar-refractivity contribution in [3.8, 4) is 5.75 Å². The summed E-state index contributed by atoms with van der Waals surface area (Å²) in [6.45, 7) is 6.60. The molecule has 1 aromatic rings. The molecule has 33 heavy (non-hydrogen) atoms. The molecule has 1 aromatic carbocycles. The minimum atomic E-state index is -4.04. The molecule has 1 saturated heterocycles. The number of hydrogen-bond donors (Lipinski definition) is 3. The zero-order valence-corrected chi connectivity index (χ0v) is 20.9. The number of piperidine rings is 1. The lowest BCUT2D eigenvalue weighted by molar-refractivity contribution is -0.133. The number of carbonyl (C=O) groups is 2. The number of hydrogen-bond acceptors (Lipinski definition) is 7. The molecule has 3 rings (SSSR count). The molecule has 0 unspecified atom stereocenters. The van der Waals surface area contributed by atoms with Crippen LogP contribution in [-0.4, -0.2) is 66.4 Å². The van der Waals surface area contributed by atoms with Gasteiger partial charge in [0.05, 0.1) is 11.5 Å². The van der Waals surface area contributed by atoms with Gasteiger partial charge in [0.1, 0.15) is 5.75 Å². The minimum Gasteiger partial charge on any atom is -0.494 e. The van der Waals surface area contributed by atoms with Gasteiger partial charge in [0.25, 0.3) is 5.91 Å². The maximum Gasteiger partial charge on any atom is 0.265 e. The number of benzene rings is 1. The Labute approximate surface area is 201 Å². The molecule has 2 fully saturated rings. The van der Waals surface area contributed by atoms with E-state index in [1.54, 1.807) is 17.6 Å². The van der Waals surface area contributed by atoms with Crippen molar-refractivity contribution in [2.24, 2.45) is 0 Å². The summed E-state index contributed by atoms with van der Waals surface area (Å²) in [5.41, 5.74) is 1.16. The number of likely N-dealkylation sites (tertiary alicyclic amines) is 1. The Morgan fingerprint density at radius 1 is 1.18 bits per heavy atom. The second-order valence-electron chi connectivity index (χ2n) is 9.34. The summed E-state index contributed by atoms with van der Waals surface area (Å²) < 4.78 is 31.0. The lowest BCUT2D eigenvalue weighted by Crippen LogP contribution is -2.58. The van der Waals surface area contributed by atoms with Gasteiger partial charge < -0.3 is 15.0 Å². The predicted octanol–water partition coefficient (Wildman–Crippen LogP) is 2.07. The Kier molecular flexibility index (Phi) is 8.78. The average Bonchev–Trinajstić information content (AvgIpc) is 3.58. The first-order valence-electron chi connectivity index (χ1n) is 11.0. The molecule has 1 aliphatic heterocycles. The fraction of sp³-hybridized carbons (Fsp3) is 0.636. The molecule has 0 radical (unpaired) electrons. The van der Waals surface area contributed by atoms with E-state index in [0.717, 1.165) is 12.8 Å². The van der Waals surface area contributed by atoms with E-state index in [4.69, 9.17) is 4.74 Å². The number of nitrogens with one attached hydrogen (secondary N) is 2. The first-order valence-corrected chi connectivity index (χ1v) is 12.4. The summed E-state index contributed by atoms with van der Waals surface area (Å²) in [6, 6.07) is 6.47. The Hall–Kier alpha value is -1.88. The Bertz CT molecular complexity index is 939. The third-order valence-corrected chi connectivity index (χ3v) is 8.86. The van der Waals surface area contributed by atoms with Crippen LogP contribution in [0.1, 0.15) is 52.9 Å². The lowest BCUT2D eigenvalue weighted by atomic mass is 9.94. The van der Waals surface area contributed by atoms with E-state index in [-0.39, 0.29) is 36.1 Å². The first-order chi connectivity index (χ1) is 15.0. The van der Waals surface area contributed by atoms with Gasteiger partial charge in [-0.1, -0.05) is 0 Å². The maximum absolute atomic E-state index is 13.5. The number of carbonyl (C=O) groups excluding carboxylic acids is 2. The van der Waals surface area contributed by atoms with Gasteiger partial charge in [-0.2, -0.15) is 0 Å². The third-order valence-electron chi connectivity index (χ3n) is 6.34. The number of rotatable bonds is 9. The third kappa shape index (κ3) is 6.17. The number of ether oxygens (including phenoxy) is 1. The number of halogens is 1. The Morgan fingerprint density at radius 2 is 1.76 bits per heavy atom. The highest BCUT2D eigenvalue weighted by molar-refractivity contribution is 7.93. The Balaban J connectivity index is 0.00000385. The summed E-state index contributed by atoms with van der Waals surface area (Å²) in [6.07, 6.45) is 3.05. The van der Waals surface area contributed by atoms with Gasteiger partial charge in [-0.15, -0.1) is 12.4 Å². The molecule has 0 atom stereocenters. The van der Waals surface area contributed by atoms with Gasteiger partial charge in [0.15, 0.2) is 14.6 Å². The van der Waals surface area contributed by atoms with Crippen LogP contribution in [0.25, 0.3) is 0 Å². The van der Waals surface area contributed by atoms with E-state index in [0.29, 0.717) is 37.9 Å². The molecule has 1 saturated carbocycles. The highest BCUT2D eigenvalue weighted by Gasteiger charge is 2.53. The van der Waals surface area contributed by atoms with Gasteiger partial charge in [0, 0.05) is 38.0 Å². The van der Waals surface area contributed by atoms with Crippen molar-refractivity contribution in [3.63, 3.8) is 0 Å². The fourth-order valence-electron chi connectivity index (χ4n) is 4.31. The summed E-state index contributed by atoms with van der Waals surface area (Å²) in [5.74, 6) is -0.506. The molecular weight excluding hydrogens is 470 g/mol. The van der Waals surface area contributed by atoms with Crippen LogP contribution in [0.15, 0.2) is 29.2 Å². The van der Waals surface area contributed by atoms with Gasteiger partial charge in [-0.05, 0) is 63.8 Å². The van der Waals surface area contributed by atoms with E-state index >= 15 is 0 Å². The molecule has 186 valence electrons. The second-order valence-corrected chi connectivity index (χ2v) is 11.6. The van der Waals surface area contributed by atoms with E-state index in [1.165, 1.54) is 19.1 Å². The molecule has 3 N–H and O–H groups in total. The summed E-state index contributed by atoms with van der Waals surface area (Å²) >= 11 is 0. The molecular formula is C22H34ClN3O6S. The van der Waals surface area contributed by atoms with Gasteiger partial charge in [-0.3, -0.25) is 14.8 Å². The van der Waals surface area contributed by atoms with Crippen molar-refractivity contribution in [3.05, 3.63) is 24.3 Å². The van der Waals surface area contributed by atoms with Crippen LogP contribution in [0.5, 0.6) is 5.75 Å². The van der Waals surface area contributed by atoms with Crippen molar-refractivity contribution in [1.29, 1.82) is 0 Å². The summed E-state index contributed by atoms with van der Waals surface area (Å²) in [5, 5.41) is 12.1. The maximum atomic E-state index is 13.5. The highest BCUT2D eigenvalue weighted by Crippen LogP contribution is 2.39. The predicted molar refractivity (Wildman–Crippen MR) is 125 cm³/mol. The van der Waals surface area contributed by atoms with Crippen LogP contribution < -0.4 is 15.5 Å². The molecule has 11 heteroatoms. The van der Waals surface area contributed by atoms with Crippen LogP contribution >= 0.6 is 12.4 Å². The summed E-state index contributed by atoms with van der Waals surface area (Å²) in [7, 11) is -4.04. The van der Waals surface area contributed by atoms with E-state index < -0.39 is 26.0 Å². The van der Waals surface area contributed by atoms with Gasteiger partial charge in [0.2, 0.25) is 5.91 Å². The highest BCUT2D eigenvalue weighted by atomic mass is 35.5. The number of amides is 2. The lowest BCUT2D eigenvalue weighted by Gasteiger charge is -2.39. The monoisotopic (exact) mass is 503 g/mol. The van der Waals surface area contributed by atoms with Crippen molar-refractivity contribution in [2.75, 3.05) is 19.7 Å². The van der Waals surface area contributed by atoms with Crippen LogP contribution in [0.4, 0.5) is 0 Å². The molecule has 1 aliphatic carbocycles. The molecule has 2 aliphatic rings. The first kappa shape index (κ1) is 27.4. The van der Waals surface area contributed by atoms with Crippen molar-refractivity contribution >= 4 is 34.1 Å². The fourth-order valence-corrected chi connectivity index (χ4v) is 6.27. The van der Waals surface area contributed by atoms with Crippen LogP contribution in [0.2, 0.25) is 0 Å². The van der Waals surface area contributed by atoms with Crippen LogP contribution in [0, 0.1) is 0 Å². The van der Waals surface area contributed by atoms with E-state index in [1.807, 2.05) is 13.8 Å². The number of hydroxylamine groups is 1. The normalized spacial score (nSPS) is 18.7. The molecule has 0 bridgehead atoms.